The smallest absolute Gasteiger partial charge is 0.251 e. The zero-order valence-corrected chi connectivity index (χ0v) is 12.7. The molecule has 1 N–H and O–H groups in total. The van der Waals surface area contributed by atoms with Crippen molar-refractivity contribution < 1.29 is 4.79 Å². The van der Waals surface area contributed by atoms with E-state index >= 15 is 0 Å². The van der Waals surface area contributed by atoms with Crippen molar-refractivity contribution in [2.75, 3.05) is 0 Å². The number of nitrogens with one attached hydrogen (secondary N) is 1. The summed E-state index contributed by atoms with van der Waals surface area (Å²) in [5.74, 6) is -0.0932. The minimum absolute atomic E-state index is 0.0932. The molecule has 3 aromatic rings. The number of thiophene rings is 1. The molecule has 6 heteroatoms. The third kappa shape index (κ3) is 2.80. The summed E-state index contributed by atoms with van der Waals surface area (Å²) in [4.78, 5) is 13.3. The van der Waals surface area contributed by atoms with Crippen molar-refractivity contribution in [1.82, 2.24) is 20.3 Å². The molecule has 0 aliphatic carbocycles. The third-order valence-electron chi connectivity index (χ3n) is 3.23. The van der Waals surface area contributed by atoms with E-state index in [2.05, 4.69) is 29.5 Å². The molecule has 0 atom stereocenters. The van der Waals surface area contributed by atoms with Gasteiger partial charge in [0.25, 0.3) is 5.91 Å². The predicted octanol–water partition coefficient (Wildman–Crippen LogP) is 3.00. The van der Waals surface area contributed by atoms with Gasteiger partial charge in [0.15, 0.2) is 0 Å². The normalized spacial score (nSPS) is 11.2. The van der Waals surface area contributed by atoms with Crippen LogP contribution in [0.5, 0.6) is 0 Å². The van der Waals surface area contributed by atoms with Crippen LogP contribution in [0.3, 0.4) is 0 Å². The lowest BCUT2D eigenvalue weighted by Gasteiger charge is -2.06. The Kier molecular flexibility index (Phi) is 3.70. The lowest BCUT2D eigenvalue weighted by Crippen LogP contribution is -2.22. The second kappa shape index (κ2) is 5.65. The molecule has 0 bridgehead atoms. The number of carbonyl (C=O) groups is 1. The van der Waals surface area contributed by atoms with E-state index in [4.69, 9.17) is 0 Å². The van der Waals surface area contributed by atoms with Gasteiger partial charge in [-0.25, -0.2) is 4.68 Å². The SMILES string of the molecule is CC(C)n1nnc2cc(C(=O)NCc3cccs3)ccc21. The number of fused-ring (bicyclic) bond motifs is 1. The second-order valence-electron chi connectivity index (χ2n) is 5.09. The average Bonchev–Trinajstić information content (AvgIpc) is 3.13. The Morgan fingerprint density at radius 1 is 1.38 bits per heavy atom. The van der Waals surface area contributed by atoms with Crippen molar-refractivity contribution in [3.05, 3.63) is 46.2 Å². The predicted molar refractivity (Wildman–Crippen MR) is 83.4 cm³/mol. The van der Waals surface area contributed by atoms with Gasteiger partial charge in [-0.1, -0.05) is 11.3 Å². The number of aromatic nitrogens is 3. The monoisotopic (exact) mass is 300 g/mol. The lowest BCUT2D eigenvalue weighted by molar-refractivity contribution is 0.0951. The molecule has 1 amide bonds. The highest BCUT2D eigenvalue weighted by Crippen LogP contribution is 2.17. The first-order valence-electron chi connectivity index (χ1n) is 6.80. The molecular formula is C15H16N4OS. The summed E-state index contributed by atoms with van der Waals surface area (Å²) in [7, 11) is 0. The molecule has 0 radical (unpaired) electrons. The first-order valence-corrected chi connectivity index (χ1v) is 7.68. The van der Waals surface area contributed by atoms with Gasteiger partial charge in [-0.05, 0) is 43.5 Å². The van der Waals surface area contributed by atoms with Crippen LogP contribution in [0.4, 0.5) is 0 Å². The van der Waals surface area contributed by atoms with E-state index < -0.39 is 0 Å². The summed E-state index contributed by atoms with van der Waals surface area (Å²) in [6, 6.07) is 9.72. The number of nitrogens with zero attached hydrogens (tertiary/aromatic N) is 3. The van der Waals surface area contributed by atoms with E-state index in [0.717, 1.165) is 15.9 Å². The maximum atomic E-state index is 12.2. The largest absolute Gasteiger partial charge is 0.347 e. The fourth-order valence-corrected chi connectivity index (χ4v) is 2.79. The van der Waals surface area contributed by atoms with Gasteiger partial charge < -0.3 is 5.32 Å². The topological polar surface area (TPSA) is 59.8 Å². The molecule has 108 valence electrons. The molecule has 3 rings (SSSR count). The molecule has 0 saturated carbocycles. The minimum Gasteiger partial charge on any atom is -0.347 e. The molecule has 2 aromatic heterocycles. The van der Waals surface area contributed by atoms with E-state index in [0.29, 0.717) is 12.1 Å². The Balaban J connectivity index is 1.79. The van der Waals surface area contributed by atoms with Gasteiger partial charge in [-0.3, -0.25) is 4.79 Å². The molecule has 0 saturated heterocycles. The van der Waals surface area contributed by atoms with Crippen LogP contribution in [0.2, 0.25) is 0 Å². The van der Waals surface area contributed by atoms with Gasteiger partial charge in [-0.2, -0.15) is 0 Å². The van der Waals surface area contributed by atoms with E-state index in [-0.39, 0.29) is 11.9 Å². The number of carbonyl (C=O) groups excluding carboxylic acids is 1. The quantitative estimate of drug-likeness (QED) is 0.805. The van der Waals surface area contributed by atoms with Crippen molar-refractivity contribution in [1.29, 1.82) is 0 Å². The maximum absolute atomic E-state index is 12.2. The van der Waals surface area contributed by atoms with Gasteiger partial charge in [0.1, 0.15) is 5.52 Å². The van der Waals surface area contributed by atoms with Crippen LogP contribution >= 0.6 is 11.3 Å². The molecule has 21 heavy (non-hydrogen) atoms. The Labute approximate surface area is 126 Å². The van der Waals surface area contributed by atoms with Gasteiger partial charge >= 0.3 is 0 Å². The fourth-order valence-electron chi connectivity index (χ4n) is 2.15. The maximum Gasteiger partial charge on any atom is 0.251 e. The highest BCUT2D eigenvalue weighted by atomic mass is 32.1. The van der Waals surface area contributed by atoms with Crippen molar-refractivity contribution in [3.63, 3.8) is 0 Å². The molecule has 1 aromatic carbocycles. The Morgan fingerprint density at radius 3 is 2.95 bits per heavy atom. The van der Waals surface area contributed by atoms with Crippen LogP contribution < -0.4 is 5.32 Å². The fraction of sp³-hybridized carbons (Fsp3) is 0.267. The second-order valence-corrected chi connectivity index (χ2v) is 6.13. The molecule has 0 spiro atoms. The minimum atomic E-state index is -0.0932. The summed E-state index contributed by atoms with van der Waals surface area (Å²) in [5, 5.41) is 13.2. The van der Waals surface area contributed by atoms with Crippen LogP contribution in [0.25, 0.3) is 11.0 Å². The highest BCUT2D eigenvalue weighted by molar-refractivity contribution is 7.09. The van der Waals surface area contributed by atoms with Crippen molar-refractivity contribution in [3.8, 4) is 0 Å². The summed E-state index contributed by atoms with van der Waals surface area (Å²) in [5.41, 5.74) is 2.29. The number of hydrogen-bond donors (Lipinski definition) is 1. The number of rotatable bonds is 4. The summed E-state index contributed by atoms with van der Waals surface area (Å²) < 4.78 is 1.85. The first-order chi connectivity index (χ1) is 10.1. The summed E-state index contributed by atoms with van der Waals surface area (Å²) in [6.45, 7) is 4.65. The zero-order chi connectivity index (χ0) is 14.8. The standard InChI is InChI=1S/C15H16N4OS/c1-10(2)19-14-6-5-11(8-13(14)17-18-19)15(20)16-9-12-4-3-7-21-12/h3-8,10H,9H2,1-2H3,(H,16,20). The number of amides is 1. The first kappa shape index (κ1) is 13.8. The molecular weight excluding hydrogens is 284 g/mol. The summed E-state index contributed by atoms with van der Waals surface area (Å²) in [6.07, 6.45) is 0. The van der Waals surface area contributed by atoms with Crippen molar-refractivity contribution in [2.24, 2.45) is 0 Å². The lowest BCUT2D eigenvalue weighted by atomic mass is 10.2. The van der Waals surface area contributed by atoms with E-state index in [1.54, 1.807) is 17.4 Å². The Hall–Kier alpha value is -2.21. The van der Waals surface area contributed by atoms with E-state index in [1.807, 2.05) is 34.3 Å². The van der Waals surface area contributed by atoms with Gasteiger partial charge in [0.2, 0.25) is 0 Å². The zero-order valence-electron chi connectivity index (χ0n) is 11.9. The van der Waals surface area contributed by atoms with E-state index in [9.17, 15) is 4.79 Å². The number of hydrogen-bond acceptors (Lipinski definition) is 4. The summed E-state index contributed by atoms with van der Waals surface area (Å²) >= 11 is 1.63. The van der Waals surface area contributed by atoms with Gasteiger partial charge in [-0.15, -0.1) is 16.4 Å². The highest BCUT2D eigenvalue weighted by Gasteiger charge is 2.11. The Bertz CT molecular complexity index is 761. The number of benzene rings is 1. The molecule has 2 heterocycles. The van der Waals surface area contributed by atoms with Crippen molar-refractivity contribution >= 4 is 28.3 Å². The average molecular weight is 300 g/mol. The van der Waals surface area contributed by atoms with Crippen molar-refractivity contribution in [2.45, 2.75) is 26.4 Å². The van der Waals surface area contributed by atoms with Crippen LogP contribution in [0.15, 0.2) is 35.7 Å². The van der Waals surface area contributed by atoms with Gasteiger partial charge in [0, 0.05) is 16.5 Å². The molecule has 0 fully saturated rings. The molecule has 0 unspecified atom stereocenters. The van der Waals surface area contributed by atoms with Crippen LogP contribution in [-0.2, 0) is 6.54 Å². The van der Waals surface area contributed by atoms with E-state index in [1.165, 1.54) is 0 Å². The molecule has 5 nitrogen and oxygen atoms in total. The molecule has 0 aliphatic rings. The van der Waals surface area contributed by atoms with Gasteiger partial charge in [0.05, 0.1) is 12.1 Å². The Morgan fingerprint density at radius 2 is 2.24 bits per heavy atom. The van der Waals surface area contributed by atoms with Crippen LogP contribution in [-0.4, -0.2) is 20.9 Å². The van der Waals surface area contributed by atoms with Crippen LogP contribution in [0, 0.1) is 0 Å². The molecule has 0 aliphatic heterocycles. The third-order valence-corrected chi connectivity index (χ3v) is 4.10. The van der Waals surface area contributed by atoms with Crippen LogP contribution in [0.1, 0.15) is 35.1 Å².